The van der Waals surface area contributed by atoms with E-state index in [-0.39, 0.29) is 24.3 Å². The molecule has 1 spiro atoms. The predicted molar refractivity (Wildman–Crippen MR) is 149 cm³/mol. The number of anilines is 1. The van der Waals surface area contributed by atoms with Crippen molar-refractivity contribution >= 4 is 23.4 Å². The van der Waals surface area contributed by atoms with E-state index in [4.69, 9.17) is 4.74 Å². The smallest absolute Gasteiger partial charge is 0.253 e. The summed E-state index contributed by atoms with van der Waals surface area (Å²) < 4.78 is 6.90. The van der Waals surface area contributed by atoms with Gasteiger partial charge in [-0.1, -0.05) is 49.4 Å². The zero-order valence-electron chi connectivity index (χ0n) is 23.6. The van der Waals surface area contributed by atoms with Crippen LogP contribution in [0.2, 0.25) is 0 Å². The highest BCUT2D eigenvalue weighted by Gasteiger charge is 2.74. The molecule has 2 fully saturated rings. The number of carbonyl (C=O) groups is 3. The molecule has 8 nitrogen and oxygen atoms in total. The van der Waals surface area contributed by atoms with Crippen molar-refractivity contribution in [1.82, 2.24) is 9.80 Å². The number of amides is 3. The quantitative estimate of drug-likeness (QED) is 0.408. The number of aliphatic hydroxyl groups excluding tert-OH is 1. The number of carbonyl (C=O) groups excluding carboxylic acids is 3. The summed E-state index contributed by atoms with van der Waals surface area (Å²) >= 11 is 0. The molecule has 5 atom stereocenters. The minimum absolute atomic E-state index is 0.0860. The van der Waals surface area contributed by atoms with E-state index in [0.29, 0.717) is 39.0 Å². The number of aliphatic hydroxyl groups is 1. The summed E-state index contributed by atoms with van der Waals surface area (Å²) in [5.41, 5.74) is 0.579. The fraction of sp³-hybridized carbons (Fsp3) is 0.581. The van der Waals surface area contributed by atoms with Crippen LogP contribution in [0.15, 0.2) is 42.5 Å². The van der Waals surface area contributed by atoms with Crippen LogP contribution in [0.5, 0.6) is 0 Å². The Bertz CT molecular complexity index is 1190. The standard InChI is InChI=1S/C31H41N3O5/c1-5-16-32-17-10-14-30(4)23(27(32)36)24-28(37)34(18-7-6-8-20-35)26-29(38)33(19-11-15-31(24,26)39-30)25-21(2)12-9-13-22(25)3/h9-15,23-24,26,35H,5-8,16-20H2,1-4H3/t23-,24-,26?,30+,31-/m0/s1. The predicted octanol–water partition coefficient (Wildman–Crippen LogP) is 3.15. The van der Waals surface area contributed by atoms with E-state index in [9.17, 15) is 19.5 Å². The van der Waals surface area contributed by atoms with Crippen LogP contribution >= 0.6 is 0 Å². The Hall–Kier alpha value is -2.97. The van der Waals surface area contributed by atoms with Crippen molar-refractivity contribution in [2.45, 2.75) is 70.6 Å². The molecule has 8 heteroatoms. The molecule has 3 amide bonds. The van der Waals surface area contributed by atoms with E-state index in [1.54, 1.807) is 9.80 Å². The third-order valence-electron chi connectivity index (χ3n) is 8.90. The summed E-state index contributed by atoms with van der Waals surface area (Å²) in [6.07, 6.45) is 10.6. The number of aryl methyl sites for hydroxylation is 2. The summed E-state index contributed by atoms with van der Waals surface area (Å²) in [6.45, 7) is 9.81. The minimum atomic E-state index is -1.24. The normalized spacial score (nSPS) is 31.9. The molecule has 1 unspecified atom stereocenters. The molecule has 4 heterocycles. The van der Waals surface area contributed by atoms with E-state index >= 15 is 0 Å². The van der Waals surface area contributed by atoms with Crippen molar-refractivity contribution in [2.24, 2.45) is 11.8 Å². The van der Waals surface area contributed by atoms with Crippen molar-refractivity contribution in [3.05, 3.63) is 53.6 Å². The monoisotopic (exact) mass is 535 g/mol. The zero-order chi connectivity index (χ0) is 27.9. The first-order chi connectivity index (χ1) is 18.7. The maximum Gasteiger partial charge on any atom is 0.253 e. The SMILES string of the molecule is CCCN1CC=C[C@@]2(C)O[C@]34C=CCN(c5c(C)cccc5C)C(=O)C3N(CCCCCO)C(=O)[C@@H]4[C@H]2C1=O. The van der Waals surface area contributed by atoms with Crippen molar-refractivity contribution in [3.8, 4) is 0 Å². The molecule has 0 bridgehead atoms. The van der Waals surface area contributed by atoms with Gasteiger partial charge in [-0.2, -0.15) is 0 Å². The van der Waals surface area contributed by atoms with Crippen LogP contribution in [0.4, 0.5) is 5.69 Å². The van der Waals surface area contributed by atoms with Gasteiger partial charge in [0.1, 0.15) is 11.6 Å². The molecule has 4 aliphatic rings. The molecule has 4 aliphatic heterocycles. The average Bonchev–Trinajstić information content (AvgIpc) is 3.16. The topological polar surface area (TPSA) is 90.4 Å². The van der Waals surface area contributed by atoms with E-state index in [2.05, 4.69) is 0 Å². The number of likely N-dealkylation sites (tertiary alicyclic amines) is 1. The second-order valence-electron chi connectivity index (χ2n) is 11.6. The molecular weight excluding hydrogens is 494 g/mol. The lowest BCUT2D eigenvalue weighted by Gasteiger charge is -2.38. The van der Waals surface area contributed by atoms with Crippen LogP contribution in [0, 0.1) is 25.7 Å². The number of rotatable bonds is 8. The van der Waals surface area contributed by atoms with E-state index in [1.165, 1.54) is 0 Å². The van der Waals surface area contributed by atoms with Gasteiger partial charge in [0.2, 0.25) is 11.8 Å². The number of fused-ring (bicyclic) bond motifs is 2. The van der Waals surface area contributed by atoms with E-state index in [0.717, 1.165) is 29.7 Å². The number of benzene rings is 1. The van der Waals surface area contributed by atoms with Crippen LogP contribution < -0.4 is 4.90 Å². The Balaban J connectivity index is 1.62. The molecule has 39 heavy (non-hydrogen) atoms. The van der Waals surface area contributed by atoms with Gasteiger partial charge in [0, 0.05) is 38.5 Å². The number of para-hydroxylation sites is 1. The highest BCUT2D eigenvalue weighted by Crippen LogP contribution is 2.57. The summed E-state index contributed by atoms with van der Waals surface area (Å²) in [7, 11) is 0. The van der Waals surface area contributed by atoms with Gasteiger partial charge in [-0.25, -0.2) is 0 Å². The Morgan fingerprint density at radius 1 is 0.923 bits per heavy atom. The lowest BCUT2D eigenvalue weighted by Crippen LogP contribution is -2.56. The first kappa shape index (κ1) is 27.6. The van der Waals surface area contributed by atoms with Gasteiger partial charge in [0.15, 0.2) is 0 Å². The largest absolute Gasteiger partial charge is 0.396 e. The third-order valence-corrected chi connectivity index (χ3v) is 8.90. The second kappa shape index (κ2) is 10.5. The Labute approximate surface area is 231 Å². The summed E-state index contributed by atoms with van der Waals surface area (Å²) in [5, 5.41) is 9.28. The van der Waals surface area contributed by atoms with Gasteiger partial charge < -0.3 is 24.5 Å². The molecule has 210 valence electrons. The molecule has 1 aromatic rings. The maximum atomic E-state index is 14.6. The van der Waals surface area contributed by atoms with Gasteiger partial charge in [-0.05, 0) is 57.6 Å². The molecule has 5 rings (SSSR count). The van der Waals surface area contributed by atoms with Crippen LogP contribution in [0.1, 0.15) is 50.7 Å². The summed E-state index contributed by atoms with van der Waals surface area (Å²) in [5.74, 6) is -1.98. The molecule has 0 aliphatic carbocycles. The maximum absolute atomic E-state index is 14.6. The molecule has 2 saturated heterocycles. The van der Waals surface area contributed by atoms with Crippen molar-refractivity contribution in [2.75, 3.05) is 37.7 Å². The molecule has 0 saturated carbocycles. The molecule has 0 radical (unpaired) electrons. The zero-order valence-corrected chi connectivity index (χ0v) is 23.6. The Kier molecular flexibility index (Phi) is 7.46. The van der Waals surface area contributed by atoms with Crippen LogP contribution in [0.3, 0.4) is 0 Å². The first-order valence-electron chi connectivity index (χ1n) is 14.3. The van der Waals surface area contributed by atoms with Crippen LogP contribution in [0.25, 0.3) is 0 Å². The summed E-state index contributed by atoms with van der Waals surface area (Å²) in [4.78, 5) is 48.2. The minimum Gasteiger partial charge on any atom is -0.396 e. The highest BCUT2D eigenvalue weighted by molar-refractivity contribution is 6.06. The Morgan fingerprint density at radius 2 is 1.64 bits per heavy atom. The lowest BCUT2D eigenvalue weighted by atomic mass is 9.74. The van der Waals surface area contributed by atoms with E-state index in [1.807, 2.05) is 75.1 Å². The van der Waals surface area contributed by atoms with Gasteiger partial charge in [-0.15, -0.1) is 0 Å². The lowest BCUT2D eigenvalue weighted by molar-refractivity contribution is -0.148. The van der Waals surface area contributed by atoms with Crippen molar-refractivity contribution in [3.63, 3.8) is 0 Å². The number of hydrogen-bond donors (Lipinski definition) is 1. The van der Waals surface area contributed by atoms with Crippen LogP contribution in [-0.4, -0.2) is 82.7 Å². The van der Waals surface area contributed by atoms with E-state index < -0.39 is 29.1 Å². The average molecular weight is 536 g/mol. The fourth-order valence-corrected chi connectivity index (χ4v) is 7.29. The Morgan fingerprint density at radius 3 is 2.33 bits per heavy atom. The number of nitrogens with zero attached hydrogens (tertiary/aromatic N) is 3. The van der Waals surface area contributed by atoms with Crippen LogP contribution in [-0.2, 0) is 19.1 Å². The second-order valence-corrected chi connectivity index (χ2v) is 11.6. The molecular formula is C31H41N3O5. The fourth-order valence-electron chi connectivity index (χ4n) is 7.29. The number of hydrogen-bond acceptors (Lipinski definition) is 5. The molecule has 1 N–H and O–H groups in total. The summed E-state index contributed by atoms with van der Waals surface area (Å²) in [6, 6.07) is 5.08. The highest BCUT2D eigenvalue weighted by atomic mass is 16.5. The van der Waals surface area contributed by atoms with Gasteiger partial charge >= 0.3 is 0 Å². The van der Waals surface area contributed by atoms with Crippen molar-refractivity contribution < 1.29 is 24.2 Å². The van der Waals surface area contributed by atoms with Gasteiger partial charge in [0.25, 0.3) is 5.91 Å². The number of unbranched alkanes of at least 4 members (excludes halogenated alkanes) is 2. The first-order valence-corrected chi connectivity index (χ1v) is 14.3. The van der Waals surface area contributed by atoms with Crippen molar-refractivity contribution in [1.29, 1.82) is 0 Å². The third kappa shape index (κ3) is 4.32. The molecule has 0 aromatic heterocycles. The molecule has 1 aromatic carbocycles. The van der Waals surface area contributed by atoms with Gasteiger partial charge in [-0.3, -0.25) is 14.4 Å². The van der Waals surface area contributed by atoms with Gasteiger partial charge in [0.05, 0.1) is 17.4 Å². The number of ether oxygens (including phenoxy) is 1.